The van der Waals surface area contributed by atoms with E-state index in [0.29, 0.717) is 28.3 Å². The quantitative estimate of drug-likeness (QED) is 0.520. The molecule has 3 heterocycles. The van der Waals surface area contributed by atoms with Crippen molar-refractivity contribution in [2.45, 2.75) is 51.6 Å². The first kappa shape index (κ1) is 23.2. The van der Waals surface area contributed by atoms with Crippen LogP contribution in [-0.4, -0.2) is 45.5 Å². The van der Waals surface area contributed by atoms with E-state index < -0.39 is 0 Å². The summed E-state index contributed by atoms with van der Waals surface area (Å²) in [6.07, 6.45) is 8.04. The highest BCUT2D eigenvalue weighted by Gasteiger charge is 2.27. The summed E-state index contributed by atoms with van der Waals surface area (Å²) in [5.74, 6) is 0.535. The monoisotopic (exact) mass is 459 g/mol. The fourth-order valence-electron chi connectivity index (χ4n) is 4.42. The molecular weight excluding hydrogens is 430 g/mol. The summed E-state index contributed by atoms with van der Waals surface area (Å²) in [6.45, 7) is 4.02. The van der Waals surface area contributed by atoms with Gasteiger partial charge in [0.05, 0.1) is 16.8 Å². The van der Waals surface area contributed by atoms with Gasteiger partial charge in [0.15, 0.2) is 0 Å². The second-order valence-corrected chi connectivity index (χ2v) is 8.96. The summed E-state index contributed by atoms with van der Waals surface area (Å²) >= 11 is 0. The van der Waals surface area contributed by atoms with Gasteiger partial charge in [0.25, 0.3) is 5.91 Å². The average molecular weight is 460 g/mol. The first-order valence-electron chi connectivity index (χ1n) is 11.6. The number of hydrogen-bond acceptors (Lipinski definition) is 6. The maximum absolute atomic E-state index is 13.1. The third kappa shape index (κ3) is 4.86. The number of aromatic nitrogens is 3. The van der Waals surface area contributed by atoms with Crippen LogP contribution in [0.4, 0.5) is 5.69 Å². The van der Waals surface area contributed by atoms with Crippen molar-refractivity contribution in [1.29, 1.82) is 5.26 Å². The highest BCUT2D eigenvalue weighted by Crippen LogP contribution is 2.26. The van der Waals surface area contributed by atoms with E-state index >= 15 is 0 Å². The molecule has 1 aliphatic carbocycles. The number of fused-ring (bicyclic) bond motifs is 1. The smallest absolute Gasteiger partial charge is 0.255 e. The molecule has 0 aliphatic heterocycles. The molecule has 176 valence electrons. The number of nitrogens with zero attached hydrogens (tertiary/aromatic N) is 4. The Balaban J connectivity index is 1.56. The van der Waals surface area contributed by atoms with E-state index in [1.807, 2.05) is 36.7 Å². The molecule has 0 aromatic carbocycles. The van der Waals surface area contributed by atoms with Crippen LogP contribution in [0.1, 0.15) is 55.5 Å². The van der Waals surface area contributed by atoms with Crippen LogP contribution in [0.2, 0.25) is 0 Å². The predicted molar refractivity (Wildman–Crippen MR) is 130 cm³/mol. The molecule has 1 saturated carbocycles. The van der Waals surface area contributed by atoms with Crippen LogP contribution in [0, 0.1) is 17.2 Å². The number of carbonyl (C=O) groups is 2. The Morgan fingerprint density at radius 2 is 1.91 bits per heavy atom. The lowest BCUT2D eigenvalue weighted by molar-refractivity contribution is -0.125. The zero-order valence-electron chi connectivity index (χ0n) is 19.6. The zero-order valence-corrected chi connectivity index (χ0v) is 19.6. The maximum Gasteiger partial charge on any atom is 0.255 e. The predicted octanol–water partition coefficient (Wildman–Crippen LogP) is 3.15. The minimum atomic E-state index is -0.181. The van der Waals surface area contributed by atoms with Crippen LogP contribution in [0.25, 0.3) is 16.9 Å². The molecule has 3 aromatic rings. The van der Waals surface area contributed by atoms with E-state index in [2.05, 4.69) is 32.0 Å². The van der Waals surface area contributed by atoms with Gasteiger partial charge in [-0.25, -0.2) is 9.97 Å². The molecule has 3 N–H and O–H groups in total. The molecule has 2 amide bonds. The molecule has 0 radical (unpaired) electrons. The van der Waals surface area contributed by atoms with E-state index in [9.17, 15) is 9.59 Å². The molecule has 3 aromatic heterocycles. The van der Waals surface area contributed by atoms with Crippen molar-refractivity contribution in [2.75, 3.05) is 12.4 Å². The largest absolute Gasteiger partial charge is 0.382 e. The van der Waals surface area contributed by atoms with E-state index in [1.54, 1.807) is 19.3 Å². The van der Waals surface area contributed by atoms with Crippen molar-refractivity contribution in [3.63, 3.8) is 0 Å². The van der Waals surface area contributed by atoms with Gasteiger partial charge in [-0.3, -0.25) is 14.2 Å². The topological polar surface area (TPSA) is 125 Å². The van der Waals surface area contributed by atoms with Crippen LogP contribution in [-0.2, 0) is 4.79 Å². The van der Waals surface area contributed by atoms with Crippen LogP contribution >= 0.6 is 0 Å². The van der Waals surface area contributed by atoms with Gasteiger partial charge in [-0.05, 0) is 51.7 Å². The minimum absolute atomic E-state index is 0.0199. The van der Waals surface area contributed by atoms with Gasteiger partial charge in [-0.2, -0.15) is 5.26 Å². The third-order valence-electron chi connectivity index (χ3n) is 6.16. The molecule has 1 aliphatic rings. The van der Waals surface area contributed by atoms with Crippen molar-refractivity contribution in [3.05, 3.63) is 47.9 Å². The number of nitriles is 1. The normalized spacial score (nSPS) is 17.9. The molecule has 0 bridgehead atoms. The summed E-state index contributed by atoms with van der Waals surface area (Å²) in [7, 11) is 1.66. The first-order chi connectivity index (χ1) is 16.4. The lowest BCUT2D eigenvalue weighted by Crippen LogP contribution is -2.40. The first-order valence-corrected chi connectivity index (χ1v) is 11.6. The SMILES string of the molecule is CNC(=O)[C@H]1CC[C@H](NC(=O)c2cnc(-n3ccc4cc(C#N)cnc43)cc2NC(C)C)CC1. The van der Waals surface area contributed by atoms with Crippen LogP contribution in [0.5, 0.6) is 0 Å². The second-order valence-electron chi connectivity index (χ2n) is 8.96. The number of anilines is 1. The van der Waals surface area contributed by atoms with Crippen molar-refractivity contribution in [1.82, 2.24) is 25.2 Å². The number of nitrogens with one attached hydrogen (secondary N) is 3. The summed E-state index contributed by atoms with van der Waals surface area (Å²) in [4.78, 5) is 34.0. The summed E-state index contributed by atoms with van der Waals surface area (Å²) in [6, 6.07) is 7.76. The number of rotatable bonds is 6. The Morgan fingerprint density at radius 3 is 2.59 bits per heavy atom. The Morgan fingerprint density at radius 1 is 1.15 bits per heavy atom. The molecule has 0 unspecified atom stereocenters. The third-order valence-corrected chi connectivity index (χ3v) is 6.16. The van der Waals surface area contributed by atoms with Crippen molar-refractivity contribution >= 4 is 28.5 Å². The highest BCUT2D eigenvalue weighted by atomic mass is 16.2. The van der Waals surface area contributed by atoms with Crippen LogP contribution < -0.4 is 16.0 Å². The fourth-order valence-corrected chi connectivity index (χ4v) is 4.42. The zero-order chi connectivity index (χ0) is 24.2. The maximum atomic E-state index is 13.1. The van der Waals surface area contributed by atoms with Crippen LogP contribution in [0.3, 0.4) is 0 Å². The van der Waals surface area contributed by atoms with E-state index in [4.69, 9.17) is 5.26 Å². The molecule has 34 heavy (non-hydrogen) atoms. The Bertz CT molecular complexity index is 1250. The van der Waals surface area contributed by atoms with Crippen molar-refractivity contribution in [3.8, 4) is 11.9 Å². The van der Waals surface area contributed by atoms with E-state index in [1.165, 1.54) is 6.20 Å². The molecule has 0 saturated heterocycles. The lowest BCUT2D eigenvalue weighted by atomic mass is 9.85. The Labute approximate surface area is 198 Å². The van der Waals surface area contributed by atoms with Gasteiger partial charge in [0.2, 0.25) is 5.91 Å². The van der Waals surface area contributed by atoms with Crippen LogP contribution in [0.15, 0.2) is 36.8 Å². The Hall–Kier alpha value is -3.93. The van der Waals surface area contributed by atoms with Gasteiger partial charge in [-0.15, -0.1) is 0 Å². The molecule has 0 spiro atoms. The Kier molecular flexibility index (Phi) is 6.77. The summed E-state index contributed by atoms with van der Waals surface area (Å²) in [5, 5.41) is 19.2. The molecular formula is C25H29N7O2. The summed E-state index contributed by atoms with van der Waals surface area (Å²) in [5.41, 5.74) is 2.35. The number of carbonyl (C=O) groups excluding carboxylic acids is 2. The number of hydrogen-bond donors (Lipinski definition) is 3. The van der Waals surface area contributed by atoms with Gasteiger partial charge < -0.3 is 16.0 Å². The van der Waals surface area contributed by atoms with E-state index in [-0.39, 0.29) is 29.8 Å². The van der Waals surface area contributed by atoms with Crippen molar-refractivity contribution < 1.29 is 9.59 Å². The molecule has 9 heteroatoms. The molecule has 4 rings (SSSR count). The van der Waals surface area contributed by atoms with Crippen molar-refractivity contribution in [2.24, 2.45) is 5.92 Å². The van der Waals surface area contributed by atoms with Gasteiger partial charge in [0, 0.05) is 55.1 Å². The lowest BCUT2D eigenvalue weighted by Gasteiger charge is -2.28. The molecule has 0 atom stereocenters. The standard InChI is InChI=1S/C25H29N7O2/c1-15(2)30-21-11-22(32-9-8-18-10-16(12-26)13-29-23(18)32)28-14-20(21)25(34)31-19-6-4-17(5-7-19)24(33)27-3/h8-11,13-15,17,19H,4-7H2,1-3H3,(H,27,33)(H,28,30)(H,31,34)/t17-,19-. The second kappa shape index (κ2) is 9.91. The highest BCUT2D eigenvalue weighted by molar-refractivity contribution is 6.00. The van der Waals surface area contributed by atoms with Gasteiger partial charge >= 0.3 is 0 Å². The number of pyridine rings is 2. The van der Waals surface area contributed by atoms with Gasteiger partial charge in [0.1, 0.15) is 17.5 Å². The summed E-state index contributed by atoms with van der Waals surface area (Å²) < 4.78 is 1.84. The van der Waals surface area contributed by atoms with E-state index in [0.717, 1.165) is 31.1 Å². The minimum Gasteiger partial charge on any atom is -0.382 e. The van der Waals surface area contributed by atoms with Gasteiger partial charge in [-0.1, -0.05) is 0 Å². The average Bonchev–Trinajstić information content (AvgIpc) is 3.26. The number of amides is 2. The molecule has 1 fully saturated rings. The fraction of sp³-hybridized carbons (Fsp3) is 0.400. The molecule has 9 nitrogen and oxygen atoms in total.